The molecule has 2 aromatic carbocycles. The van der Waals surface area contributed by atoms with Crippen LogP contribution in [0, 0.1) is 13.8 Å². The van der Waals surface area contributed by atoms with Crippen LogP contribution < -0.4 is 11.1 Å². The standard InChI is InChI=1S/C16H18Cl2N2/c1-10-3-5-12(7-14(10)17)16(9-19)20-13-6-4-11(2)15(18)8-13/h3-8,16,20H,9,19H2,1-2H3. The molecule has 0 saturated heterocycles. The van der Waals surface area contributed by atoms with Gasteiger partial charge in [-0.25, -0.2) is 0 Å². The van der Waals surface area contributed by atoms with Crippen molar-refractivity contribution in [2.45, 2.75) is 19.9 Å². The van der Waals surface area contributed by atoms with E-state index in [-0.39, 0.29) is 6.04 Å². The normalized spacial score (nSPS) is 12.2. The topological polar surface area (TPSA) is 38.0 Å². The Morgan fingerprint density at radius 2 is 1.60 bits per heavy atom. The van der Waals surface area contributed by atoms with Gasteiger partial charge >= 0.3 is 0 Å². The van der Waals surface area contributed by atoms with Crippen LogP contribution in [0.5, 0.6) is 0 Å². The molecule has 20 heavy (non-hydrogen) atoms. The molecule has 0 aromatic heterocycles. The number of nitrogens with one attached hydrogen (secondary N) is 1. The van der Waals surface area contributed by atoms with Crippen molar-refractivity contribution in [3.8, 4) is 0 Å². The number of hydrogen-bond donors (Lipinski definition) is 2. The Labute approximate surface area is 129 Å². The molecule has 106 valence electrons. The summed E-state index contributed by atoms with van der Waals surface area (Å²) in [6.45, 7) is 4.44. The third-order valence-electron chi connectivity index (χ3n) is 3.35. The second-order valence-corrected chi connectivity index (χ2v) is 5.72. The summed E-state index contributed by atoms with van der Waals surface area (Å²) in [5, 5.41) is 4.89. The Balaban J connectivity index is 2.23. The molecule has 1 unspecified atom stereocenters. The van der Waals surface area contributed by atoms with Crippen LogP contribution in [0.2, 0.25) is 10.0 Å². The summed E-state index contributed by atoms with van der Waals surface area (Å²) in [7, 11) is 0. The van der Waals surface area contributed by atoms with Gasteiger partial charge in [0.05, 0.1) is 6.04 Å². The summed E-state index contributed by atoms with van der Waals surface area (Å²) in [6, 6.07) is 11.9. The lowest BCUT2D eigenvalue weighted by Gasteiger charge is -2.19. The van der Waals surface area contributed by atoms with Gasteiger partial charge in [0.15, 0.2) is 0 Å². The Bertz CT molecular complexity index is 611. The smallest absolute Gasteiger partial charge is 0.0636 e. The van der Waals surface area contributed by atoms with Crippen molar-refractivity contribution in [3.05, 3.63) is 63.1 Å². The minimum absolute atomic E-state index is 0.00636. The van der Waals surface area contributed by atoms with Crippen LogP contribution in [0.4, 0.5) is 5.69 Å². The van der Waals surface area contributed by atoms with Gasteiger partial charge < -0.3 is 11.1 Å². The molecule has 0 aliphatic heterocycles. The van der Waals surface area contributed by atoms with Gasteiger partial charge in [-0.15, -0.1) is 0 Å². The molecule has 0 aliphatic rings. The third-order valence-corrected chi connectivity index (χ3v) is 4.16. The van der Waals surface area contributed by atoms with E-state index in [0.717, 1.165) is 32.4 Å². The highest BCUT2D eigenvalue weighted by molar-refractivity contribution is 6.31. The van der Waals surface area contributed by atoms with Gasteiger partial charge in [-0.2, -0.15) is 0 Å². The predicted octanol–water partition coefficient (Wildman–Crippen LogP) is 4.72. The molecule has 4 heteroatoms. The van der Waals surface area contributed by atoms with Gasteiger partial charge in [0, 0.05) is 22.3 Å². The summed E-state index contributed by atoms with van der Waals surface area (Å²) in [6.07, 6.45) is 0. The second-order valence-electron chi connectivity index (χ2n) is 4.91. The van der Waals surface area contributed by atoms with Crippen molar-refractivity contribution in [3.63, 3.8) is 0 Å². The Kier molecular flexibility index (Phi) is 4.92. The van der Waals surface area contributed by atoms with E-state index in [4.69, 9.17) is 28.9 Å². The minimum atomic E-state index is 0.00636. The van der Waals surface area contributed by atoms with Crippen molar-refractivity contribution in [1.29, 1.82) is 0 Å². The zero-order valence-corrected chi connectivity index (χ0v) is 13.1. The largest absolute Gasteiger partial charge is 0.377 e. The van der Waals surface area contributed by atoms with E-state index in [0.29, 0.717) is 6.54 Å². The van der Waals surface area contributed by atoms with Crippen molar-refractivity contribution in [2.24, 2.45) is 5.73 Å². The first-order valence-corrected chi connectivity index (χ1v) is 7.25. The van der Waals surface area contributed by atoms with E-state index in [1.54, 1.807) is 0 Å². The zero-order valence-electron chi connectivity index (χ0n) is 11.6. The summed E-state index contributed by atoms with van der Waals surface area (Å²) in [5.41, 5.74) is 10.0. The summed E-state index contributed by atoms with van der Waals surface area (Å²) < 4.78 is 0. The van der Waals surface area contributed by atoms with Crippen LogP contribution in [0.25, 0.3) is 0 Å². The lowest BCUT2D eigenvalue weighted by molar-refractivity contribution is 0.789. The van der Waals surface area contributed by atoms with E-state index in [2.05, 4.69) is 5.32 Å². The van der Waals surface area contributed by atoms with E-state index in [1.165, 1.54) is 0 Å². The van der Waals surface area contributed by atoms with Crippen molar-refractivity contribution in [2.75, 3.05) is 11.9 Å². The van der Waals surface area contributed by atoms with E-state index in [1.807, 2.05) is 50.2 Å². The SMILES string of the molecule is Cc1ccc(NC(CN)c2ccc(C)c(Cl)c2)cc1Cl. The molecule has 0 amide bonds. The monoisotopic (exact) mass is 308 g/mol. The van der Waals surface area contributed by atoms with E-state index < -0.39 is 0 Å². The molecular formula is C16H18Cl2N2. The number of rotatable bonds is 4. The summed E-state index contributed by atoms with van der Waals surface area (Å²) in [4.78, 5) is 0. The van der Waals surface area contributed by atoms with Gasteiger partial charge in [-0.1, -0.05) is 41.4 Å². The molecule has 3 N–H and O–H groups in total. The van der Waals surface area contributed by atoms with Crippen molar-refractivity contribution >= 4 is 28.9 Å². The molecule has 2 nitrogen and oxygen atoms in total. The number of aryl methyl sites for hydroxylation is 2. The Hall–Kier alpha value is -1.22. The lowest BCUT2D eigenvalue weighted by atomic mass is 10.0. The molecule has 0 bridgehead atoms. The maximum Gasteiger partial charge on any atom is 0.0636 e. The van der Waals surface area contributed by atoms with E-state index >= 15 is 0 Å². The third kappa shape index (κ3) is 3.45. The zero-order chi connectivity index (χ0) is 14.7. The number of halogens is 2. The maximum atomic E-state index is 6.17. The lowest BCUT2D eigenvalue weighted by Crippen LogP contribution is -2.20. The molecule has 0 aliphatic carbocycles. The minimum Gasteiger partial charge on any atom is -0.377 e. The molecule has 2 aromatic rings. The number of anilines is 1. The molecule has 2 rings (SSSR count). The molecular weight excluding hydrogens is 291 g/mol. The molecule has 0 spiro atoms. The highest BCUT2D eigenvalue weighted by Gasteiger charge is 2.11. The first kappa shape index (κ1) is 15.2. The van der Waals surface area contributed by atoms with Crippen molar-refractivity contribution in [1.82, 2.24) is 0 Å². The fourth-order valence-electron chi connectivity index (χ4n) is 1.99. The quantitative estimate of drug-likeness (QED) is 0.857. The Morgan fingerprint density at radius 1 is 1.00 bits per heavy atom. The first-order valence-electron chi connectivity index (χ1n) is 6.50. The summed E-state index contributed by atoms with van der Waals surface area (Å²) in [5.74, 6) is 0. The van der Waals surface area contributed by atoms with Gasteiger partial charge in [0.1, 0.15) is 0 Å². The fourth-order valence-corrected chi connectivity index (χ4v) is 2.36. The number of hydrogen-bond acceptors (Lipinski definition) is 2. The predicted molar refractivity (Wildman–Crippen MR) is 87.8 cm³/mol. The van der Waals surface area contributed by atoms with Crippen LogP contribution in [0.15, 0.2) is 36.4 Å². The van der Waals surface area contributed by atoms with Crippen LogP contribution in [0.3, 0.4) is 0 Å². The highest BCUT2D eigenvalue weighted by atomic mass is 35.5. The fraction of sp³-hybridized carbons (Fsp3) is 0.250. The molecule has 0 saturated carbocycles. The molecule has 0 radical (unpaired) electrons. The van der Waals surface area contributed by atoms with Gasteiger partial charge in [0.25, 0.3) is 0 Å². The van der Waals surface area contributed by atoms with Crippen LogP contribution in [-0.2, 0) is 0 Å². The van der Waals surface area contributed by atoms with E-state index in [9.17, 15) is 0 Å². The maximum absolute atomic E-state index is 6.17. The highest BCUT2D eigenvalue weighted by Crippen LogP contribution is 2.26. The van der Waals surface area contributed by atoms with Crippen LogP contribution in [0.1, 0.15) is 22.7 Å². The summed E-state index contributed by atoms with van der Waals surface area (Å²) >= 11 is 12.3. The second kappa shape index (κ2) is 6.49. The molecule has 1 atom stereocenters. The number of benzene rings is 2. The first-order chi connectivity index (χ1) is 9.51. The Morgan fingerprint density at radius 3 is 2.15 bits per heavy atom. The molecule has 0 heterocycles. The van der Waals surface area contributed by atoms with Crippen LogP contribution in [-0.4, -0.2) is 6.54 Å². The average Bonchev–Trinajstić information content (AvgIpc) is 2.43. The van der Waals surface area contributed by atoms with Crippen molar-refractivity contribution < 1.29 is 0 Å². The number of nitrogens with two attached hydrogens (primary N) is 1. The molecule has 0 fully saturated rings. The van der Waals surface area contributed by atoms with Crippen LogP contribution >= 0.6 is 23.2 Å². The van der Waals surface area contributed by atoms with Gasteiger partial charge in [0.2, 0.25) is 0 Å². The van der Waals surface area contributed by atoms with Gasteiger partial charge in [-0.05, 0) is 48.7 Å². The van der Waals surface area contributed by atoms with Gasteiger partial charge in [-0.3, -0.25) is 0 Å². The average molecular weight is 309 g/mol.